The third kappa shape index (κ3) is 3.59. The molecule has 0 amide bonds. The quantitative estimate of drug-likeness (QED) is 0.767. The van der Waals surface area contributed by atoms with Crippen LogP contribution in [0.1, 0.15) is 18.1 Å². The standard InChI is InChI=1S/C16H17FO/c1-13(17)11-15-9-5-6-10-16(15)18-12-14-7-3-2-4-8-14/h2-10,13H,11-12H2,1H3/t13-/m1/s1. The van der Waals surface area contributed by atoms with Gasteiger partial charge in [-0.05, 0) is 24.1 Å². The topological polar surface area (TPSA) is 9.23 Å². The van der Waals surface area contributed by atoms with Gasteiger partial charge in [-0.15, -0.1) is 0 Å². The summed E-state index contributed by atoms with van der Waals surface area (Å²) in [4.78, 5) is 0. The van der Waals surface area contributed by atoms with Gasteiger partial charge in [0, 0.05) is 6.42 Å². The van der Waals surface area contributed by atoms with Gasteiger partial charge in [-0.25, -0.2) is 4.39 Å². The third-order valence-electron chi connectivity index (χ3n) is 2.71. The number of para-hydroxylation sites is 1. The molecule has 0 saturated carbocycles. The Kier molecular flexibility index (Phi) is 4.35. The van der Waals surface area contributed by atoms with Gasteiger partial charge < -0.3 is 4.74 Å². The summed E-state index contributed by atoms with van der Waals surface area (Å²) in [5.74, 6) is 0.769. The van der Waals surface area contributed by atoms with Gasteiger partial charge in [-0.1, -0.05) is 48.5 Å². The zero-order valence-corrected chi connectivity index (χ0v) is 10.5. The van der Waals surface area contributed by atoms with Crippen molar-refractivity contribution in [2.45, 2.75) is 26.1 Å². The lowest BCUT2D eigenvalue weighted by molar-refractivity contribution is 0.296. The summed E-state index contributed by atoms with van der Waals surface area (Å²) in [6, 6.07) is 17.6. The summed E-state index contributed by atoms with van der Waals surface area (Å²) in [6.45, 7) is 2.08. The Balaban J connectivity index is 2.05. The second kappa shape index (κ2) is 6.20. The Morgan fingerprint density at radius 2 is 1.67 bits per heavy atom. The smallest absolute Gasteiger partial charge is 0.123 e. The van der Waals surface area contributed by atoms with Gasteiger partial charge in [-0.2, -0.15) is 0 Å². The highest BCUT2D eigenvalue weighted by Crippen LogP contribution is 2.21. The summed E-state index contributed by atoms with van der Waals surface area (Å²) in [5.41, 5.74) is 2.03. The van der Waals surface area contributed by atoms with Gasteiger partial charge >= 0.3 is 0 Å². The maximum atomic E-state index is 13.1. The predicted molar refractivity (Wildman–Crippen MR) is 71.5 cm³/mol. The molecule has 0 aromatic heterocycles. The number of halogens is 1. The number of rotatable bonds is 5. The maximum Gasteiger partial charge on any atom is 0.123 e. The van der Waals surface area contributed by atoms with E-state index < -0.39 is 6.17 Å². The predicted octanol–water partition coefficient (Wildman–Crippen LogP) is 4.17. The molecule has 0 spiro atoms. The van der Waals surface area contributed by atoms with Crippen molar-refractivity contribution >= 4 is 0 Å². The van der Waals surface area contributed by atoms with E-state index in [4.69, 9.17) is 4.74 Å². The van der Waals surface area contributed by atoms with Crippen molar-refractivity contribution < 1.29 is 9.13 Å². The number of benzene rings is 2. The molecule has 94 valence electrons. The van der Waals surface area contributed by atoms with E-state index in [-0.39, 0.29) is 0 Å². The minimum atomic E-state index is -0.855. The average molecular weight is 244 g/mol. The first-order chi connectivity index (χ1) is 8.75. The van der Waals surface area contributed by atoms with Crippen LogP contribution >= 0.6 is 0 Å². The molecule has 0 aliphatic rings. The Bertz CT molecular complexity index is 479. The zero-order chi connectivity index (χ0) is 12.8. The number of alkyl halides is 1. The van der Waals surface area contributed by atoms with Crippen molar-refractivity contribution in [3.63, 3.8) is 0 Å². The van der Waals surface area contributed by atoms with Crippen LogP contribution in [-0.4, -0.2) is 6.17 Å². The molecule has 1 atom stereocenters. The van der Waals surface area contributed by atoms with Gasteiger partial charge in [0.1, 0.15) is 18.5 Å². The van der Waals surface area contributed by atoms with E-state index in [0.717, 1.165) is 16.9 Å². The van der Waals surface area contributed by atoms with Crippen molar-refractivity contribution in [2.24, 2.45) is 0 Å². The molecule has 2 aromatic rings. The molecule has 0 radical (unpaired) electrons. The van der Waals surface area contributed by atoms with Crippen LogP contribution in [0.15, 0.2) is 54.6 Å². The third-order valence-corrected chi connectivity index (χ3v) is 2.71. The fourth-order valence-corrected chi connectivity index (χ4v) is 1.85. The Morgan fingerprint density at radius 3 is 2.39 bits per heavy atom. The van der Waals surface area contributed by atoms with E-state index in [1.54, 1.807) is 6.92 Å². The molecular weight excluding hydrogens is 227 g/mol. The molecule has 0 unspecified atom stereocenters. The van der Waals surface area contributed by atoms with Crippen molar-refractivity contribution in [1.29, 1.82) is 0 Å². The first-order valence-electron chi connectivity index (χ1n) is 6.14. The number of hydrogen-bond acceptors (Lipinski definition) is 1. The van der Waals surface area contributed by atoms with Crippen molar-refractivity contribution in [1.82, 2.24) is 0 Å². The molecule has 0 N–H and O–H groups in total. The summed E-state index contributed by atoms with van der Waals surface area (Å²) in [7, 11) is 0. The summed E-state index contributed by atoms with van der Waals surface area (Å²) in [6.07, 6.45) is -0.461. The Morgan fingerprint density at radius 1 is 1.00 bits per heavy atom. The van der Waals surface area contributed by atoms with Crippen molar-refractivity contribution in [2.75, 3.05) is 0 Å². The van der Waals surface area contributed by atoms with Crippen LogP contribution in [0.3, 0.4) is 0 Å². The molecular formula is C16H17FO. The van der Waals surface area contributed by atoms with E-state index in [1.807, 2.05) is 54.6 Å². The lowest BCUT2D eigenvalue weighted by atomic mass is 10.1. The van der Waals surface area contributed by atoms with Crippen LogP contribution in [0.5, 0.6) is 5.75 Å². The van der Waals surface area contributed by atoms with E-state index in [0.29, 0.717) is 13.0 Å². The highest BCUT2D eigenvalue weighted by atomic mass is 19.1. The normalized spacial score (nSPS) is 12.1. The van der Waals surface area contributed by atoms with E-state index in [9.17, 15) is 4.39 Å². The largest absolute Gasteiger partial charge is 0.489 e. The SMILES string of the molecule is C[C@@H](F)Cc1ccccc1OCc1ccccc1. The minimum Gasteiger partial charge on any atom is -0.489 e. The first-order valence-corrected chi connectivity index (χ1v) is 6.14. The molecule has 2 aromatic carbocycles. The Labute approximate surface area is 107 Å². The Hall–Kier alpha value is -1.83. The van der Waals surface area contributed by atoms with Gasteiger partial charge in [0.2, 0.25) is 0 Å². The molecule has 0 heterocycles. The first kappa shape index (κ1) is 12.6. The average Bonchev–Trinajstić information content (AvgIpc) is 2.38. The highest BCUT2D eigenvalue weighted by molar-refractivity contribution is 5.34. The lowest BCUT2D eigenvalue weighted by Crippen LogP contribution is -2.03. The fraction of sp³-hybridized carbons (Fsp3) is 0.250. The fourth-order valence-electron chi connectivity index (χ4n) is 1.85. The van der Waals surface area contributed by atoms with Crippen LogP contribution in [0, 0.1) is 0 Å². The van der Waals surface area contributed by atoms with Crippen LogP contribution in [0.2, 0.25) is 0 Å². The maximum absolute atomic E-state index is 13.1. The molecule has 0 bridgehead atoms. The van der Waals surface area contributed by atoms with Crippen LogP contribution in [-0.2, 0) is 13.0 Å². The van der Waals surface area contributed by atoms with E-state index >= 15 is 0 Å². The van der Waals surface area contributed by atoms with Crippen LogP contribution in [0.4, 0.5) is 4.39 Å². The molecule has 0 aliphatic heterocycles. The molecule has 2 heteroatoms. The number of hydrogen-bond donors (Lipinski definition) is 0. The second-order valence-electron chi connectivity index (χ2n) is 4.37. The van der Waals surface area contributed by atoms with E-state index in [2.05, 4.69) is 0 Å². The molecule has 1 nitrogen and oxygen atoms in total. The molecule has 2 rings (SSSR count). The van der Waals surface area contributed by atoms with Crippen molar-refractivity contribution in [3.05, 3.63) is 65.7 Å². The molecule has 0 saturated heterocycles. The van der Waals surface area contributed by atoms with Gasteiger partial charge in [-0.3, -0.25) is 0 Å². The summed E-state index contributed by atoms with van der Waals surface area (Å²) >= 11 is 0. The number of ether oxygens (including phenoxy) is 1. The monoisotopic (exact) mass is 244 g/mol. The van der Waals surface area contributed by atoms with Gasteiger partial charge in [0.15, 0.2) is 0 Å². The van der Waals surface area contributed by atoms with Crippen LogP contribution < -0.4 is 4.74 Å². The summed E-state index contributed by atoms with van der Waals surface area (Å²) in [5, 5.41) is 0. The van der Waals surface area contributed by atoms with Crippen LogP contribution in [0.25, 0.3) is 0 Å². The molecule has 18 heavy (non-hydrogen) atoms. The highest BCUT2D eigenvalue weighted by Gasteiger charge is 2.07. The van der Waals surface area contributed by atoms with Crippen molar-refractivity contribution in [3.8, 4) is 5.75 Å². The minimum absolute atomic E-state index is 0.394. The molecule has 0 aliphatic carbocycles. The second-order valence-corrected chi connectivity index (χ2v) is 4.37. The van der Waals surface area contributed by atoms with E-state index in [1.165, 1.54) is 0 Å². The zero-order valence-electron chi connectivity index (χ0n) is 10.5. The molecule has 0 fully saturated rings. The summed E-state index contributed by atoms with van der Waals surface area (Å²) < 4.78 is 18.8. The van der Waals surface area contributed by atoms with Gasteiger partial charge in [0.05, 0.1) is 0 Å². The van der Waals surface area contributed by atoms with Gasteiger partial charge in [0.25, 0.3) is 0 Å². The lowest BCUT2D eigenvalue weighted by Gasteiger charge is -2.12.